The van der Waals surface area contributed by atoms with E-state index in [1.807, 2.05) is 61.7 Å². The van der Waals surface area contributed by atoms with Gasteiger partial charge in [0.1, 0.15) is 6.33 Å². The van der Waals surface area contributed by atoms with Crippen LogP contribution in [0, 0.1) is 23.8 Å². The fraction of sp³-hybridized carbons (Fsp3) is 0.386. The summed E-state index contributed by atoms with van der Waals surface area (Å²) in [5, 5.41) is 15.1. The van der Waals surface area contributed by atoms with Crippen LogP contribution in [0.15, 0.2) is 66.7 Å². The maximum atomic E-state index is 11.7. The summed E-state index contributed by atoms with van der Waals surface area (Å²) in [6, 6.07) is 21.6. The minimum Gasteiger partial charge on any atom is -0.512 e. The molecular weight excluding hydrogens is 877 g/mol. The molecule has 0 unspecified atom stereocenters. The standard InChI is InChI=1S/C31H25N2S3.C13H24O2.Ir/c1-16(2)12-18-8-7-10-21-28-30(36-29(18)21)27(32-15-33-28)19-13-22(17(3)4)25-24(14-19)35-31-26(25)20-9-5-6-11-23(20)34-31;1-5-10(6-2)12(14)9-13(15)11(7-3)8-4;/h5-11,13,15-17H,12H2,1-4H3;9-11,14H,5-8H2,1-4H3;/q-1;;/b;12-9-;. The molecule has 4 aromatic heterocycles. The van der Waals surface area contributed by atoms with Crippen molar-refractivity contribution in [1.82, 2.24) is 9.97 Å². The Morgan fingerprint density at radius 2 is 1.52 bits per heavy atom. The summed E-state index contributed by atoms with van der Waals surface area (Å²) in [7, 11) is 0. The van der Waals surface area contributed by atoms with Gasteiger partial charge >= 0.3 is 0 Å². The van der Waals surface area contributed by atoms with E-state index < -0.39 is 0 Å². The van der Waals surface area contributed by atoms with E-state index in [0.717, 1.165) is 53.6 Å². The van der Waals surface area contributed by atoms with Gasteiger partial charge in [-0.15, -0.1) is 57.3 Å². The monoisotopic (exact) mass is 926 g/mol. The first-order valence-electron chi connectivity index (χ1n) is 18.5. The number of carbonyl (C=O) groups is 1. The molecule has 275 valence electrons. The van der Waals surface area contributed by atoms with Crippen molar-refractivity contribution in [3.63, 3.8) is 0 Å². The summed E-state index contributed by atoms with van der Waals surface area (Å²) in [6.45, 7) is 17.2. The number of aliphatic hydroxyl groups is 1. The molecule has 1 radical (unpaired) electrons. The van der Waals surface area contributed by atoms with E-state index in [2.05, 4.69) is 82.3 Å². The second-order valence-electron chi connectivity index (χ2n) is 14.3. The number of aromatic nitrogens is 2. The minimum atomic E-state index is 0. The van der Waals surface area contributed by atoms with Crippen LogP contribution in [0.25, 0.3) is 61.1 Å². The molecule has 7 rings (SSSR count). The van der Waals surface area contributed by atoms with E-state index in [0.29, 0.717) is 11.8 Å². The van der Waals surface area contributed by atoms with Crippen molar-refractivity contribution >= 4 is 89.7 Å². The van der Waals surface area contributed by atoms with Crippen molar-refractivity contribution in [2.75, 3.05) is 0 Å². The van der Waals surface area contributed by atoms with Gasteiger partial charge in [-0.1, -0.05) is 97.2 Å². The maximum absolute atomic E-state index is 11.7. The number of nitrogens with zero attached hydrogens (tertiary/aromatic N) is 2. The zero-order chi connectivity index (χ0) is 36.4. The molecule has 0 atom stereocenters. The number of carbonyl (C=O) groups excluding carboxylic acids is 1. The molecule has 0 fully saturated rings. The van der Waals surface area contributed by atoms with Crippen molar-refractivity contribution in [3.05, 3.63) is 83.9 Å². The Kier molecular flexibility index (Phi) is 13.5. The van der Waals surface area contributed by atoms with Gasteiger partial charge in [-0.25, -0.2) is 4.98 Å². The van der Waals surface area contributed by atoms with Crippen molar-refractivity contribution in [2.24, 2.45) is 17.8 Å². The van der Waals surface area contributed by atoms with E-state index in [1.54, 1.807) is 6.33 Å². The number of rotatable bonds is 11. The number of hydrogen-bond acceptors (Lipinski definition) is 7. The van der Waals surface area contributed by atoms with Crippen LogP contribution in [0.3, 0.4) is 0 Å². The van der Waals surface area contributed by atoms with Crippen molar-refractivity contribution in [3.8, 4) is 11.3 Å². The molecule has 0 bridgehead atoms. The predicted octanol–water partition coefficient (Wildman–Crippen LogP) is 14.1. The third-order valence-electron chi connectivity index (χ3n) is 10.0. The Hall–Kier alpha value is -3.00. The van der Waals surface area contributed by atoms with E-state index in [4.69, 9.17) is 9.97 Å². The smallest absolute Gasteiger partial charge is 0.162 e. The van der Waals surface area contributed by atoms with E-state index >= 15 is 0 Å². The second-order valence-corrected chi connectivity index (χ2v) is 17.6. The molecule has 0 saturated carbocycles. The zero-order valence-electron chi connectivity index (χ0n) is 31.4. The molecule has 52 heavy (non-hydrogen) atoms. The maximum Gasteiger partial charge on any atom is 0.162 e. The van der Waals surface area contributed by atoms with Crippen LogP contribution in [0.4, 0.5) is 0 Å². The summed E-state index contributed by atoms with van der Waals surface area (Å²) in [4.78, 5) is 21.3. The molecule has 0 spiro atoms. The Labute approximate surface area is 333 Å². The average Bonchev–Trinajstić information content (AvgIpc) is 3.79. The molecule has 4 nitrogen and oxygen atoms in total. The summed E-state index contributed by atoms with van der Waals surface area (Å²) in [6.07, 6.45) is 7.71. The van der Waals surface area contributed by atoms with Crippen molar-refractivity contribution in [2.45, 2.75) is 93.4 Å². The summed E-state index contributed by atoms with van der Waals surface area (Å²) < 4.78 is 6.49. The topological polar surface area (TPSA) is 63.1 Å². The molecule has 8 heteroatoms. The van der Waals surface area contributed by atoms with Gasteiger partial charge in [-0.2, -0.15) is 0 Å². The number of benzene rings is 3. The normalized spacial score (nSPS) is 12.3. The predicted molar refractivity (Wildman–Crippen MR) is 224 cm³/mol. The number of hydrogen-bond donors (Lipinski definition) is 1. The molecular formula is C44H49IrN2O2S3-. The van der Waals surface area contributed by atoms with Crippen LogP contribution in [0.2, 0.25) is 0 Å². The second kappa shape index (κ2) is 17.4. The fourth-order valence-electron chi connectivity index (χ4n) is 7.15. The van der Waals surface area contributed by atoms with Gasteiger partial charge in [-0.05, 0) is 71.0 Å². The largest absolute Gasteiger partial charge is 0.512 e. The Morgan fingerprint density at radius 3 is 2.19 bits per heavy atom. The minimum absolute atomic E-state index is 0. The van der Waals surface area contributed by atoms with Crippen molar-refractivity contribution in [1.29, 1.82) is 0 Å². The Bertz CT molecular complexity index is 2360. The quantitative estimate of drug-likeness (QED) is 0.0798. The molecule has 0 aliphatic rings. The SMILES string of the molecule is CC(C)Cc1cccc2c1sc1c(-c3[c-]c4sc5sc6ccccc6c5c4c(C(C)C)c3)ncnc12.CCC(CC)C(=O)/C=C(\O)C(CC)CC.[Ir]. The molecule has 3 aromatic carbocycles. The third-order valence-corrected chi connectivity index (χ3v) is 13.7. The van der Waals surface area contributed by atoms with Gasteiger partial charge in [0, 0.05) is 63.2 Å². The van der Waals surface area contributed by atoms with Crippen LogP contribution in [0.5, 0.6) is 0 Å². The van der Waals surface area contributed by atoms with Gasteiger partial charge in [0.15, 0.2) is 5.78 Å². The van der Waals surface area contributed by atoms with Gasteiger partial charge < -0.3 is 5.11 Å². The van der Waals surface area contributed by atoms with Gasteiger partial charge in [0.2, 0.25) is 0 Å². The first-order valence-corrected chi connectivity index (χ1v) is 20.9. The van der Waals surface area contributed by atoms with Gasteiger partial charge in [0.05, 0.1) is 15.3 Å². The Balaban J connectivity index is 0.000000280. The number of aliphatic hydroxyl groups excluding tert-OH is 1. The van der Waals surface area contributed by atoms with E-state index in [-0.39, 0.29) is 43.5 Å². The number of allylic oxidation sites excluding steroid dienone is 2. The van der Waals surface area contributed by atoms with E-state index in [9.17, 15) is 9.90 Å². The zero-order valence-corrected chi connectivity index (χ0v) is 36.3. The molecule has 0 saturated heterocycles. The van der Waals surface area contributed by atoms with Crippen LogP contribution in [0.1, 0.15) is 98.1 Å². The molecule has 7 aromatic rings. The van der Waals surface area contributed by atoms with Gasteiger partial charge in [-0.3, -0.25) is 9.78 Å². The summed E-state index contributed by atoms with van der Waals surface area (Å²) in [5.74, 6) is 1.56. The third kappa shape index (κ3) is 7.93. The van der Waals surface area contributed by atoms with Crippen LogP contribution >= 0.6 is 34.0 Å². The van der Waals surface area contributed by atoms with Crippen LogP contribution in [-0.2, 0) is 31.3 Å². The number of fused-ring (bicyclic) bond motifs is 8. The van der Waals surface area contributed by atoms with Crippen LogP contribution < -0.4 is 0 Å². The average molecular weight is 926 g/mol. The van der Waals surface area contributed by atoms with E-state index in [1.165, 1.54) is 56.9 Å². The van der Waals surface area contributed by atoms with Crippen LogP contribution in [-0.4, -0.2) is 20.9 Å². The number of ketones is 1. The summed E-state index contributed by atoms with van der Waals surface area (Å²) in [5.41, 5.74) is 5.92. The Morgan fingerprint density at radius 1 is 0.827 bits per heavy atom. The van der Waals surface area contributed by atoms with Crippen molar-refractivity contribution < 1.29 is 30.0 Å². The molecule has 0 aliphatic heterocycles. The first-order chi connectivity index (χ1) is 24.6. The molecule has 0 amide bonds. The summed E-state index contributed by atoms with van der Waals surface area (Å²) >= 11 is 5.61. The first kappa shape index (κ1) is 40.2. The fourth-order valence-corrected chi connectivity index (χ4v) is 11.0. The molecule has 1 N–H and O–H groups in total. The molecule has 0 aliphatic carbocycles. The van der Waals surface area contributed by atoms with Gasteiger partial charge in [0.25, 0.3) is 0 Å². The number of thiophene rings is 3. The molecule has 4 heterocycles.